The summed E-state index contributed by atoms with van der Waals surface area (Å²) in [5.41, 5.74) is 16.9. The van der Waals surface area contributed by atoms with E-state index in [9.17, 15) is 0 Å². The van der Waals surface area contributed by atoms with Crippen molar-refractivity contribution in [2.24, 2.45) is 0 Å². The molecule has 5 heterocycles. The second-order valence-electron chi connectivity index (χ2n) is 5.88. The van der Waals surface area contributed by atoms with Crippen molar-refractivity contribution in [2.75, 3.05) is 11.5 Å². The standard InChI is InChI=1S/C18H14N8/c19-13-3-4-14(25-7-6-22-17(13)25)12-9-26(11-2-1-5-21-8-11)18-15(12)16(20)23-10-24-18/h1-10H,19H2,(H2,20,23,24). The summed E-state index contributed by atoms with van der Waals surface area (Å²) < 4.78 is 3.89. The van der Waals surface area contributed by atoms with Crippen molar-refractivity contribution < 1.29 is 0 Å². The van der Waals surface area contributed by atoms with Gasteiger partial charge in [-0.2, -0.15) is 0 Å². The minimum atomic E-state index is 0.415. The van der Waals surface area contributed by atoms with Crippen LogP contribution < -0.4 is 11.5 Å². The molecular formula is C18H14N8. The Balaban J connectivity index is 1.89. The van der Waals surface area contributed by atoms with Gasteiger partial charge >= 0.3 is 0 Å². The minimum Gasteiger partial charge on any atom is -0.396 e. The van der Waals surface area contributed by atoms with E-state index in [1.54, 1.807) is 18.6 Å². The molecule has 5 rings (SSSR count). The van der Waals surface area contributed by atoms with Crippen LogP contribution in [0.25, 0.3) is 33.6 Å². The van der Waals surface area contributed by atoms with E-state index in [1.807, 2.05) is 45.6 Å². The normalized spacial score (nSPS) is 11.4. The summed E-state index contributed by atoms with van der Waals surface area (Å²) in [5.74, 6) is 0.415. The van der Waals surface area contributed by atoms with E-state index in [0.29, 0.717) is 22.8 Å². The van der Waals surface area contributed by atoms with Gasteiger partial charge in [-0.25, -0.2) is 15.0 Å². The fourth-order valence-electron chi connectivity index (χ4n) is 3.23. The van der Waals surface area contributed by atoms with E-state index < -0.39 is 0 Å². The molecule has 126 valence electrons. The minimum absolute atomic E-state index is 0.415. The Kier molecular flexibility index (Phi) is 2.93. The van der Waals surface area contributed by atoms with Crippen molar-refractivity contribution in [3.05, 3.63) is 61.6 Å². The number of hydrogen-bond acceptors (Lipinski definition) is 6. The lowest BCUT2D eigenvalue weighted by Crippen LogP contribution is -1.97. The number of rotatable bonds is 2. The summed E-state index contributed by atoms with van der Waals surface area (Å²) in [4.78, 5) is 17.1. The summed E-state index contributed by atoms with van der Waals surface area (Å²) in [7, 11) is 0. The van der Waals surface area contributed by atoms with Gasteiger partial charge in [0.1, 0.15) is 12.1 Å². The largest absolute Gasteiger partial charge is 0.396 e. The summed E-state index contributed by atoms with van der Waals surface area (Å²) in [6, 6.07) is 7.62. The van der Waals surface area contributed by atoms with Gasteiger partial charge in [0.05, 0.1) is 28.7 Å². The Hall–Kier alpha value is -3.94. The molecule has 5 aromatic rings. The number of hydrogen-bond donors (Lipinski definition) is 2. The predicted molar refractivity (Wildman–Crippen MR) is 99.7 cm³/mol. The number of imidazole rings is 1. The van der Waals surface area contributed by atoms with Gasteiger partial charge in [0.2, 0.25) is 0 Å². The molecule has 0 aliphatic heterocycles. The van der Waals surface area contributed by atoms with Crippen molar-refractivity contribution >= 4 is 28.2 Å². The molecule has 8 heteroatoms. The number of anilines is 2. The van der Waals surface area contributed by atoms with Crippen LogP contribution in [0.2, 0.25) is 0 Å². The fraction of sp³-hybridized carbons (Fsp3) is 0. The molecule has 0 radical (unpaired) electrons. The number of pyridine rings is 2. The van der Waals surface area contributed by atoms with Crippen molar-refractivity contribution in [1.29, 1.82) is 0 Å². The first-order valence-corrected chi connectivity index (χ1v) is 7.98. The third-order valence-electron chi connectivity index (χ3n) is 4.39. The molecule has 0 unspecified atom stereocenters. The maximum atomic E-state index is 6.21. The lowest BCUT2D eigenvalue weighted by atomic mass is 10.1. The molecule has 0 atom stereocenters. The Bertz CT molecular complexity index is 1250. The van der Waals surface area contributed by atoms with Crippen molar-refractivity contribution in [3.63, 3.8) is 0 Å². The first-order valence-electron chi connectivity index (χ1n) is 7.98. The zero-order chi connectivity index (χ0) is 17.7. The third-order valence-corrected chi connectivity index (χ3v) is 4.39. The summed E-state index contributed by atoms with van der Waals surface area (Å²) in [6.07, 6.45) is 10.5. The van der Waals surface area contributed by atoms with E-state index in [-0.39, 0.29) is 0 Å². The van der Waals surface area contributed by atoms with E-state index in [1.165, 1.54) is 6.33 Å². The number of nitrogens with zero attached hydrogens (tertiary/aromatic N) is 6. The maximum absolute atomic E-state index is 6.21. The third kappa shape index (κ3) is 1.95. The van der Waals surface area contributed by atoms with Gasteiger partial charge in [-0.15, -0.1) is 0 Å². The highest BCUT2D eigenvalue weighted by molar-refractivity contribution is 6.01. The van der Waals surface area contributed by atoms with E-state index in [2.05, 4.69) is 19.9 Å². The summed E-state index contributed by atoms with van der Waals surface area (Å²) >= 11 is 0. The second kappa shape index (κ2) is 5.28. The van der Waals surface area contributed by atoms with Crippen LogP contribution in [0.3, 0.4) is 0 Å². The average Bonchev–Trinajstić information content (AvgIpc) is 3.29. The summed E-state index contributed by atoms with van der Waals surface area (Å²) in [6.45, 7) is 0. The Morgan fingerprint density at radius 1 is 0.923 bits per heavy atom. The Labute approximate surface area is 147 Å². The first kappa shape index (κ1) is 14.4. The number of aromatic nitrogens is 6. The van der Waals surface area contributed by atoms with Crippen LogP contribution in [0, 0.1) is 0 Å². The smallest absolute Gasteiger partial charge is 0.160 e. The van der Waals surface area contributed by atoms with Gasteiger partial charge in [0.15, 0.2) is 11.3 Å². The van der Waals surface area contributed by atoms with Gasteiger partial charge in [-0.1, -0.05) is 0 Å². The molecule has 0 fully saturated rings. The van der Waals surface area contributed by atoms with Crippen LogP contribution in [-0.4, -0.2) is 28.9 Å². The SMILES string of the molecule is Nc1ncnc2c1c(-c1ccc(N)c3nccn13)cn2-c1cccnc1. The van der Waals surface area contributed by atoms with Crippen LogP contribution >= 0.6 is 0 Å². The van der Waals surface area contributed by atoms with E-state index in [0.717, 1.165) is 22.3 Å². The topological polar surface area (TPSA) is 113 Å². The molecule has 4 N–H and O–H groups in total. The highest BCUT2D eigenvalue weighted by Crippen LogP contribution is 2.35. The van der Waals surface area contributed by atoms with Crippen LogP contribution in [-0.2, 0) is 0 Å². The van der Waals surface area contributed by atoms with Gasteiger partial charge in [0.25, 0.3) is 0 Å². The van der Waals surface area contributed by atoms with Gasteiger partial charge in [0, 0.05) is 30.4 Å². The first-order chi connectivity index (χ1) is 12.7. The quantitative estimate of drug-likeness (QED) is 0.509. The summed E-state index contributed by atoms with van der Waals surface area (Å²) in [5, 5.41) is 0.774. The van der Waals surface area contributed by atoms with Crippen LogP contribution in [0.5, 0.6) is 0 Å². The number of fused-ring (bicyclic) bond motifs is 2. The highest BCUT2D eigenvalue weighted by atomic mass is 15.1. The molecule has 0 aromatic carbocycles. The van der Waals surface area contributed by atoms with Crippen LogP contribution in [0.4, 0.5) is 11.5 Å². The lowest BCUT2D eigenvalue weighted by Gasteiger charge is -2.06. The van der Waals surface area contributed by atoms with Crippen LogP contribution in [0.1, 0.15) is 0 Å². The van der Waals surface area contributed by atoms with Crippen molar-refractivity contribution in [2.45, 2.75) is 0 Å². The molecule has 5 aromatic heterocycles. The van der Waals surface area contributed by atoms with Gasteiger partial charge in [-0.3, -0.25) is 14.0 Å². The predicted octanol–water partition coefficient (Wildman–Crippen LogP) is 2.29. The molecule has 26 heavy (non-hydrogen) atoms. The van der Waals surface area contributed by atoms with E-state index >= 15 is 0 Å². The molecular weight excluding hydrogens is 328 g/mol. The number of nitrogens with two attached hydrogens (primary N) is 2. The molecule has 0 aliphatic rings. The molecule has 0 saturated carbocycles. The molecule has 0 spiro atoms. The zero-order valence-electron chi connectivity index (χ0n) is 13.6. The van der Waals surface area contributed by atoms with Gasteiger partial charge in [-0.05, 0) is 24.3 Å². The molecule has 0 amide bonds. The Morgan fingerprint density at radius 2 is 1.85 bits per heavy atom. The molecule has 0 aliphatic carbocycles. The van der Waals surface area contributed by atoms with Crippen molar-refractivity contribution in [1.82, 2.24) is 28.9 Å². The highest BCUT2D eigenvalue weighted by Gasteiger charge is 2.18. The monoisotopic (exact) mass is 342 g/mol. The van der Waals surface area contributed by atoms with Crippen LogP contribution in [0.15, 0.2) is 61.6 Å². The molecule has 0 saturated heterocycles. The molecule has 0 bridgehead atoms. The zero-order valence-corrected chi connectivity index (χ0v) is 13.6. The maximum Gasteiger partial charge on any atom is 0.160 e. The Morgan fingerprint density at radius 3 is 2.69 bits per heavy atom. The fourth-order valence-corrected chi connectivity index (χ4v) is 3.23. The molecule has 8 nitrogen and oxygen atoms in total. The second-order valence-corrected chi connectivity index (χ2v) is 5.88. The van der Waals surface area contributed by atoms with Crippen molar-refractivity contribution in [3.8, 4) is 16.9 Å². The lowest BCUT2D eigenvalue weighted by molar-refractivity contribution is 1.06. The van der Waals surface area contributed by atoms with E-state index in [4.69, 9.17) is 11.5 Å². The number of nitrogen functional groups attached to an aromatic ring is 2. The van der Waals surface area contributed by atoms with Gasteiger partial charge < -0.3 is 11.5 Å². The average molecular weight is 342 g/mol.